The van der Waals surface area contributed by atoms with Gasteiger partial charge in [-0.05, 0) is 34.4 Å². The maximum atomic E-state index is 12.7. The van der Waals surface area contributed by atoms with Gasteiger partial charge in [-0.25, -0.2) is 16.8 Å². The maximum Gasteiger partial charge on any atom is 0.175 e. The Morgan fingerprint density at radius 3 is 1.14 bits per heavy atom. The molecule has 0 amide bonds. The van der Waals surface area contributed by atoms with Crippen LogP contribution in [0.1, 0.15) is 32.8 Å². The van der Waals surface area contributed by atoms with Crippen molar-refractivity contribution in [3.8, 4) is 0 Å². The molecule has 4 aromatic carbocycles. The molecule has 0 spiro atoms. The molecule has 0 saturated heterocycles. The van der Waals surface area contributed by atoms with Crippen LogP contribution in [0.25, 0.3) is 0 Å². The fourth-order valence-corrected chi connectivity index (χ4v) is 7.76. The van der Waals surface area contributed by atoms with Crippen LogP contribution in [0.3, 0.4) is 0 Å². The fraction of sp³-hybridized carbons (Fsp3) is 0.143. The van der Waals surface area contributed by atoms with Gasteiger partial charge >= 0.3 is 0 Å². The predicted octanol–water partition coefficient (Wildman–Crippen LogP) is 6.11. The monoisotopic (exact) mass is 522 g/mol. The van der Waals surface area contributed by atoms with E-state index >= 15 is 0 Å². The Bertz CT molecular complexity index is 1400. The van der Waals surface area contributed by atoms with Crippen LogP contribution in [0.4, 0.5) is 0 Å². The summed E-state index contributed by atoms with van der Waals surface area (Å²) in [5, 5.41) is -0.722. The average molecular weight is 523 g/mol. The van der Waals surface area contributed by atoms with Crippen LogP contribution in [0, 0.1) is 0 Å². The highest BCUT2D eigenvalue weighted by molar-refractivity contribution is 8.00. The normalized spacial score (nSPS) is 13.8. The molecule has 0 bridgehead atoms. The number of benzene rings is 4. The highest BCUT2D eigenvalue weighted by Gasteiger charge is 2.29. The third-order valence-electron chi connectivity index (χ3n) is 5.68. The lowest BCUT2D eigenvalue weighted by molar-refractivity contribution is 0.599. The van der Waals surface area contributed by atoms with Crippen molar-refractivity contribution in [1.82, 2.24) is 0 Å². The van der Waals surface area contributed by atoms with Crippen LogP contribution in [-0.4, -0.2) is 29.3 Å². The summed E-state index contributed by atoms with van der Waals surface area (Å²) in [6.07, 6.45) is 2.43. The molecule has 0 radical (unpaired) electrons. The first kappa shape index (κ1) is 25.2. The molecule has 35 heavy (non-hydrogen) atoms. The molecule has 0 aliphatic rings. The number of hydrogen-bond donors (Lipinski definition) is 0. The van der Waals surface area contributed by atoms with E-state index in [1.165, 1.54) is 24.3 Å². The van der Waals surface area contributed by atoms with Crippen molar-refractivity contribution in [1.29, 1.82) is 0 Å². The van der Waals surface area contributed by atoms with Gasteiger partial charge in [0.05, 0.1) is 20.3 Å². The van der Waals surface area contributed by atoms with Crippen LogP contribution in [-0.2, 0) is 19.7 Å². The van der Waals surface area contributed by atoms with E-state index in [0.717, 1.165) is 11.1 Å². The molecule has 0 aromatic heterocycles. The summed E-state index contributed by atoms with van der Waals surface area (Å²) in [7, 11) is -6.98. The topological polar surface area (TPSA) is 68.3 Å². The number of hydrogen-bond acceptors (Lipinski definition) is 5. The third-order valence-corrected chi connectivity index (χ3v) is 9.62. The Morgan fingerprint density at radius 2 is 0.800 bits per heavy atom. The van der Waals surface area contributed by atoms with Crippen molar-refractivity contribution >= 4 is 31.4 Å². The van der Waals surface area contributed by atoms with Crippen LogP contribution in [0.2, 0.25) is 0 Å². The minimum absolute atomic E-state index is 0.268. The van der Waals surface area contributed by atoms with Crippen LogP contribution < -0.4 is 0 Å². The van der Waals surface area contributed by atoms with E-state index in [1.807, 2.05) is 84.9 Å². The van der Waals surface area contributed by atoms with E-state index in [0.29, 0.717) is 11.1 Å². The van der Waals surface area contributed by atoms with Gasteiger partial charge < -0.3 is 0 Å². The van der Waals surface area contributed by atoms with Gasteiger partial charge in [0.15, 0.2) is 19.7 Å². The second kappa shape index (κ2) is 10.4. The van der Waals surface area contributed by atoms with Gasteiger partial charge in [-0.1, -0.05) is 97.1 Å². The second-order valence-electron chi connectivity index (χ2n) is 8.34. The van der Waals surface area contributed by atoms with Crippen molar-refractivity contribution in [2.45, 2.75) is 20.3 Å². The van der Waals surface area contributed by atoms with E-state index < -0.39 is 19.7 Å². The average Bonchev–Trinajstić information content (AvgIpc) is 2.85. The second-order valence-corrected chi connectivity index (χ2v) is 13.5. The number of sulfone groups is 2. The van der Waals surface area contributed by atoms with Gasteiger partial charge in [-0.15, -0.1) is 11.8 Å². The smallest absolute Gasteiger partial charge is 0.175 e. The summed E-state index contributed by atoms with van der Waals surface area (Å²) in [4.78, 5) is 0.536. The van der Waals surface area contributed by atoms with E-state index in [-0.39, 0.29) is 20.3 Å². The van der Waals surface area contributed by atoms with E-state index in [1.54, 1.807) is 24.3 Å². The van der Waals surface area contributed by atoms with E-state index in [9.17, 15) is 16.8 Å². The molecular weight excluding hydrogens is 497 g/mol. The van der Waals surface area contributed by atoms with Gasteiger partial charge in [0.1, 0.15) is 0 Å². The van der Waals surface area contributed by atoms with Crippen molar-refractivity contribution in [3.63, 3.8) is 0 Å². The first-order chi connectivity index (χ1) is 16.7. The van der Waals surface area contributed by atoms with Crippen molar-refractivity contribution < 1.29 is 16.8 Å². The first-order valence-corrected chi connectivity index (χ1v) is 15.7. The minimum atomic E-state index is -3.49. The highest BCUT2D eigenvalue weighted by atomic mass is 32.2. The predicted molar refractivity (Wildman–Crippen MR) is 143 cm³/mol. The summed E-state index contributed by atoms with van der Waals surface area (Å²) >= 11 is 1.53. The summed E-state index contributed by atoms with van der Waals surface area (Å²) in [6, 6.07) is 33.5. The zero-order valence-electron chi connectivity index (χ0n) is 19.4. The van der Waals surface area contributed by atoms with E-state index in [4.69, 9.17) is 0 Å². The van der Waals surface area contributed by atoms with Crippen LogP contribution in [0.15, 0.2) is 119 Å². The SMILES string of the molecule is CS(=O)(=O)c1ccccc1C(SC(c1ccccc1)c1ccccc1S(C)(=O)=O)c1ccccc1. The summed E-state index contributed by atoms with van der Waals surface area (Å²) in [5.41, 5.74) is 3.21. The molecule has 0 N–H and O–H groups in total. The molecule has 2 atom stereocenters. The zero-order valence-corrected chi connectivity index (χ0v) is 21.9. The molecule has 0 heterocycles. The molecule has 0 fully saturated rings. The van der Waals surface area contributed by atoms with E-state index in [2.05, 4.69) is 0 Å². The highest BCUT2D eigenvalue weighted by Crippen LogP contribution is 2.50. The Labute approximate surface area is 211 Å². The Balaban J connectivity index is 1.95. The van der Waals surface area contributed by atoms with Gasteiger partial charge in [-0.2, -0.15) is 0 Å². The Hall–Kier alpha value is -2.87. The van der Waals surface area contributed by atoms with Gasteiger partial charge in [0.25, 0.3) is 0 Å². The summed E-state index contributed by atoms with van der Waals surface area (Å²) in [6.45, 7) is 0. The largest absolute Gasteiger partial charge is 0.224 e. The van der Waals surface area contributed by atoms with Crippen molar-refractivity contribution in [2.24, 2.45) is 0 Å². The molecule has 2 unspecified atom stereocenters. The molecular formula is C28H26O4S3. The molecule has 7 heteroatoms. The van der Waals surface area contributed by atoms with Crippen molar-refractivity contribution in [2.75, 3.05) is 12.5 Å². The van der Waals surface area contributed by atoms with Gasteiger partial charge in [-0.3, -0.25) is 0 Å². The molecule has 0 aliphatic carbocycles. The molecule has 4 aromatic rings. The first-order valence-electron chi connectivity index (χ1n) is 11.0. The standard InChI is InChI=1S/C28H26O4S3/c1-34(29,30)25-19-11-9-17-23(25)27(21-13-5-3-6-14-21)33-28(22-15-7-4-8-16-22)24-18-10-12-20-26(24)35(2,31)32/h3-20,27-28H,1-2H3. The third kappa shape index (κ3) is 5.86. The number of rotatable bonds is 8. The minimum Gasteiger partial charge on any atom is -0.224 e. The molecule has 180 valence electrons. The Morgan fingerprint density at radius 1 is 0.486 bits per heavy atom. The summed E-state index contributed by atoms with van der Waals surface area (Å²) < 4.78 is 50.8. The Kier molecular flexibility index (Phi) is 7.50. The van der Waals surface area contributed by atoms with Crippen molar-refractivity contribution in [3.05, 3.63) is 131 Å². The van der Waals surface area contributed by atoms with Crippen LogP contribution in [0.5, 0.6) is 0 Å². The lowest BCUT2D eigenvalue weighted by Gasteiger charge is -2.27. The zero-order chi connectivity index (χ0) is 25.1. The van der Waals surface area contributed by atoms with Crippen LogP contribution >= 0.6 is 11.8 Å². The maximum absolute atomic E-state index is 12.7. The molecule has 0 saturated carbocycles. The molecule has 4 rings (SSSR count). The quantitative estimate of drug-likeness (QED) is 0.279. The van der Waals surface area contributed by atoms with Gasteiger partial charge in [0, 0.05) is 12.5 Å². The molecule has 4 nitrogen and oxygen atoms in total. The molecule has 0 aliphatic heterocycles. The fourth-order valence-electron chi connectivity index (χ4n) is 4.12. The number of thioether (sulfide) groups is 1. The summed E-state index contributed by atoms with van der Waals surface area (Å²) in [5.74, 6) is 0. The lowest BCUT2D eigenvalue weighted by atomic mass is 10.0. The lowest BCUT2D eigenvalue weighted by Crippen LogP contribution is -2.11. The van der Waals surface area contributed by atoms with Gasteiger partial charge in [0.2, 0.25) is 0 Å².